The van der Waals surface area contributed by atoms with Gasteiger partial charge < -0.3 is 10.1 Å². The predicted octanol–water partition coefficient (Wildman–Crippen LogP) is 5.91. The molecule has 0 saturated heterocycles. The molecule has 0 spiro atoms. The van der Waals surface area contributed by atoms with E-state index in [-0.39, 0.29) is 29.3 Å². The lowest BCUT2D eigenvalue weighted by Gasteiger charge is -2.57. The second kappa shape index (κ2) is 8.80. The first-order valence-corrected chi connectivity index (χ1v) is 13.2. The number of hydrogen-bond acceptors (Lipinski definition) is 3. The minimum absolute atomic E-state index is 0.0898. The van der Waals surface area contributed by atoms with E-state index in [1.165, 1.54) is 39.0 Å². The van der Waals surface area contributed by atoms with Crippen molar-refractivity contribution in [3.05, 3.63) is 11.6 Å². The number of amides is 1. The summed E-state index contributed by atoms with van der Waals surface area (Å²) in [5, 5.41) is 3.20. The van der Waals surface area contributed by atoms with Crippen LogP contribution in [0.5, 0.6) is 0 Å². The maximum absolute atomic E-state index is 12.9. The van der Waals surface area contributed by atoms with Crippen molar-refractivity contribution < 1.29 is 14.3 Å². The summed E-state index contributed by atoms with van der Waals surface area (Å²) in [6, 6.07) is 0. The molecule has 32 heavy (non-hydrogen) atoms. The van der Waals surface area contributed by atoms with Gasteiger partial charge in [0.05, 0.1) is 0 Å². The zero-order chi connectivity index (χ0) is 23.3. The lowest BCUT2D eigenvalue weighted by Crippen LogP contribution is -2.50. The Kier molecular flexibility index (Phi) is 6.55. The Hall–Kier alpha value is -1.32. The molecule has 3 fully saturated rings. The Morgan fingerprint density at radius 1 is 1.06 bits per heavy atom. The highest BCUT2D eigenvalue weighted by molar-refractivity contribution is 5.78. The van der Waals surface area contributed by atoms with E-state index in [0.29, 0.717) is 35.0 Å². The molecule has 8 atom stereocenters. The smallest absolute Gasteiger partial charge is 0.302 e. The maximum atomic E-state index is 12.9. The maximum Gasteiger partial charge on any atom is 0.302 e. The fourth-order valence-electron chi connectivity index (χ4n) is 8.33. The summed E-state index contributed by atoms with van der Waals surface area (Å²) < 4.78 is 5.61. The monoisotopic (exact) mass is 443 g/mol. The minimum atomic E-state index is -0.136. The quantitative estimate of drug-likeness (QED) is 0.425. The summed E-state index contributed by atoms with van der Waals surface area (Å²) in [6.07, 6.45) is 11.9. The van der Waals surface area contributed by atoms with Crippen molar-refractivity contribution >= 4 is 11.9 Å². The van der Waals surface area contributed by atoms with Gasteiger partial charge >= 0.3 is 5.97 Å². The molecule has 0 aliphatic heterocycles. The highest BCUT2D eigenvalue weighted by atomic mass is 16.5. The van der Waals surface area contributed by atoms with Crippen molar-refractivity contribution in [3.8, 4) is 0 Å². The second-order valence-electron chi connectivity index (χ2n) is 12.4. The molecule has 4 aliphatic rings. The van der Waals surface area contributed by atoms with E-state index in [9.17, 15) is 9.59 Å². The Balaban J connectivity index is 1.50. The van der Waals surface area contributed by atoms with Gasteiger partial charge in [0.2, 0.25) is 5.91 Å². The lowest BCUT2D eigenvalue weighted by molar-refractivity contribution is -0.152. The van der Waals surface area contributed by atoms with Crippen molar-refractivity contribution in [3.63, 3.8) is 0 Å². The van der Waals surface area contributed by atoms with E-state index < -0.39 is 0 Å². The van der Waals surface area contributed by atoms with Gasteiger partial charge in [0.1, 0.15) is 6.10 Å². The molecule has 4 nitrogen and oxygen atoms in total. The van der Waals surface area contributed by atoms with Crippen LogP contribution in [-0.4, -0.2) is 24.5 Å². The van der Waals surface area contributed by atoms with Gasteiger partial charge in [0.15, 0.2) is 0 Å². The molecule has 0 bridgehead atoms. The summed E-state index contributed by atoms with van der Waals surface area (Å²) in [5.41, 5.74) is 2.30. The number of esters is 1. The molecule has 3 saturated carbocycles. The lowest BCUT2D eigenvalue weighted by atomic mass is 9.47. The van der Waals surface area contributed by atoms with E-state index >= 15 is 0 Å². The third-order valence-corrected chi connectivity index (χ3v) is 10.1. The van der Waals surface area contributed by atoms with Gasteiger partial charge in [-0.15, -0.1) is 0 Å². The third-order valence-electron chi connectivity index (χ3n) is 10.1. The van der Waals surface area contributed by atoms with Crippen LogP contribution in [0.4, 0.5) is 0 Å². The molecular weight excluding hydrogens is 398 g/mol. The first kappa shape index (κ1) is 23.8. The molecule has 4 heteroatoms. The summed E-state index contributed by atoms with van der Waals surface area (Å²) in [6.45, 7) is 13.8. The standard InChI is InChI=1S/C28H45NO3/c1-17(2)16-29-26(31)18(3)23-9-10-24-22-8-7-20-15-21(32-19(4)30)11-13-27(20,5)25(22)12-14-28(23,24)6/h8,17-18,20-21,23-25H,7,9-16H2,1-6H3,(H,29,31)/t18-,20-,21-,23+,24-,25-,27-,28+/m0/s1. The summed E-state index contributed by atoms with van der Waals surface area (Å²) >= 11 is 0. The van der Waals surface area contributed by atoms with Crippen LogP contribution < -0.4 is 5.32 Å². The fraction of sp³-hybridized carbons (Fsp3) is 0.857. The van der Waals surface area contributed by atoms with Crippen LogP contribution in [-0.2, 0) is 14.3 Å². The van der Waals surface area contributed by atoms with Crippen LogP contribution >= 0.6 is 0 Å². The molecule has 0 unspecified atom stereocenters. The van der Waals surface area contributed by atoms with E-state index in [1.807, 2.05) is 0 Å². The van der Waals surface area contributed by atoms with Crippen molar-refractivity contribution in [2.24, 2.45) is 46.3 Å². The van der Waals surface area contributed by atoms with Crippen LogP contribution in [0.15, 0.2) is 11.6 Å². The van der Waals surface area contributed by atoms with Gasteiger partial charge in [-0.25, -0.2) is 0 Å². The molecular formula is C28H45NO3. The van der Waals surface area contributed by atoms with Gasteiger partial charge in [-0.3, -0.25) is 9.59 Å². The van der Waals surface area contributed by atoms with Crippen LogP contribution in [0.25, 0.3) is 0 Å². The highest BCUT2D eigenvalue weighted by Gasteiger charge is 2.58. The second-order valence-corrected chi connectivity index (χ2v) is 12.4. The fourth-order valence-corrected chi connectivity index (χ4v) is 8.33. The summed E-state index contributed by atoms with van der Waals surface area (Å²) in [4.78, 5) is 24.4. The number of carbonyl (C=O) groups is 2. The molecule has 0 aromatic heterocycles. The number of allylic oxidation sites excluding steroid dienone is 2. The normalized spacial score (nSPS) is 41.7. The molecule has 0 aromatic rings. The van der Waals surface area contributed by atoms with E-state index in [4.69, 9.17) is 4.74 Å². The Labute approximate surface area is 195 Å². The minimum Gasteiger partial charge on any atom is -0.463 e. The average molecular weight is 444 g/mol. The van der Waals surface area contributed by atoms with E-state index in [1.54, 1.807) is 5.57 Å². The molecule has 4 aliphatic carbocycles. The number of rotatable bonds is 5. The van der Waals surface area contributed by atoms with Gasteiger partial charge in [-0.1, -0.05) is 46.3 Å². The summed E-state index contributed by atoms with van der Waals surface area (Å²) in [5.74, 6) is 3.10. The number of ether oxygens (including phenoxy) is 1. The predicted molar refractivity (Wildman–Crippen MR) is 128 cm³/mol. The Morgan fingerprint density at radius 3 is 2.44 bits per heavy atom. The number of hydrogen-bond donors (Lipinski definition) is 1. The SMILES string of the molecule is CC(=O)O[C@H]1CC[C@@]2(C)[C@@H](CC=C3[C@@H]2CC[C@]2(C)[C@@H]([C@H](C)C(=O)NCC(C)C)CC[C@@H]32)C1. The highest BCUT2D eigenvalue weighted by Crippen LogP contribution is 2.66. The van der Waals surface area contributed by atoms with Crippen LogP contribution in [0, 0.1) is 46.3 Å². The van der Waals surface area contributed by atoms with Gasteiger partial charge in [0.25, 0.3) is 0 Å². The van der Waals surface area contributed by atoms with Crippen LogP contribution in [0.1, 0.15) is 92.9 Å². The van der Waals surface area contributed by atoms with Gasteiger partial charge in [-0.05, 0) is 91.8 Å². The zero-order valence-corrected chi connectivity index (χ0v) is 21.2. The third kappa shape index (κ3) is 4.05. The topological polar surface area (TPSA) is 55.4 Å². The first-order valence-electron chi connectivity index (χ1n) is 13.2. The molecule has 0 radical (unpaired) electrons. The molecule has 0 aromatic carbocycles. The average Bonchev–Trinajstić information content (AvgIpc) is 3.08. The zero-order valence-electron chi connectivity index (χ0n) is 21.2. The van der Waals surface area contributed by atoms with Gasteiger partial charge in [-0.2, -0.15) is 0 Å². The van der Waals surface area contributed by atoms with Gasteiger partial charge in [0, 0.05) is 19.4 Å². The summed E-state index contributed by atoms with van der Waals surface area (Å²) in [7, 11) is 0. The number of nitrogens with one attached hydrogen (secondary N) is 1. The van der Waals surface area contributed by atoms with Crippen molar-refractivity contribution in [1.29, 1.82) is 0 Å². The molecule has 4 rings (SSSR count). The molecule has 1 N–H and O–H groups in total. The van der Waals surface area contributed by atoms with Crippen LogP contribution in [0.3, 0.4) is 0 Å². The first-order chi connectivity index (χ1) is 15.1. The molecule has 1 amide bonds. The molecule has 180 valence electrons. The van der Waals surface area contributed by atoms with E-state index in [2.05, 4.69) is 46.0 Å². The molecule has 0 heterocycles. The van der Waals surface area contributed by atoms with Crippen LogP contribution in [0.2, 0.25) is 0 Å². The van der Waals surface area contributed by atoms with Crippen molar-refractivity contribution in [1.82, 2.24) is 5.32 Å². The Bertz CT molecular complexity index is 773. The van der Waals surface area contributed by atoms with Crippen molar-refractivity contribution in [2.45, 2.75) is 99.0 Å². The van der Waals surface area contributed by atoms with E-state index in [0.717, 1.165) is 25.8 Å². The number of fused-ring (bicyclic) bond motifs is 5. The Morgan fingerprint density at radius 2 is 1.75 bits per heavy atom. The van der Waals surface area contributed by atoms with Crippen molar-refractivity contribution in [2.75, 3.05) is 6.54 Å². The largest absolute Gasteiger partial charge is 0.463 e. The number of carbonyl (C=O) groups excluding carboxylic acids is 2.